The van der Waals surface area contributed by atoms with Crippen LogP contribution in [0.2, 0.25) is 0 Å². The molecule has 2 heterocycles. The number of benzene rings is 4. The molecule has 0 bridgehead atoms. The molecule has 0 spiro atoms. The minimum Gasteiger partial charge on any atom is -0.456 e. The van der Waals surface area contributed by atoms with E-state index in [2.05, 4.69) is 61.6 Å². The van der Waals surface area contributed by atoms with Gasteiger partial charge in [-0.25, -0.2) is 0 Å². The molecule has 0 aliphatic carbocycles. The van der Waals surface area contributed by atoms with Crippen molar-refractivity contribution in [2.24, 2.45) is 0 Å². The molecule has 4 aromatic carbocycles. The van der Waals surface area contributed by atoms with E-state index in [9.17, 15) is 4.79 Å². The number of carbonyl (C=O) groups is 1. The van der Waals surface area contributed by atoms with E-state index in [4.69, 9.17) is 4.42 Å². The molecule has 0 saturated heterocycles. The van der Waals surface area contributed by atoms with Crippen molar-refractivity contribution in [3.8, 4) is 0 Å². The van der Waals surface area contributed by atoms with E-state index in [1.54, 1.807) is 0 Å². The summed E-state index contributed by atoms with van der Waals surface area (Å²) in [6.45, 7) is 4.27. The van der Waals surface area contributed by atoms with Gasteiger partial charge in [0.1, 0.15) is 16.9 Å². The number of para-hydroxylation sites is 1. The number of amides is 1. The van der Waals surface area contributed by atoms with Crippen LogP contribution in [0.15, 0.2) is 107 Å². The first-order valence-electron chi connectivity index (χ1n) is 12.6. The molecule has 1 N–H and O–H groups in total. The number of nitrogens with one attached hydrogen (secondary N) is 1. The molecule has 1 aliphatic heterocycles. The molecule has 0 unspecified atom stereocenters. The smallest absolute Gasteiger partial charge is 0.275 e. The first-order valence-corrected chi connectivity index (χ1v) is 12.6. The fourth-order valence-corrected chi connectivity index (χ4v) is 4.98. The van der Waals surface area contributed by atoms with Gasteiger partial charge in [-0.15, -0.1) is 0 Å². The van der Waals surface area contributed by atoms with Crippen molar-refractivity contribution in [3.05, 3.63) is 119 Å². The van der Waals surface area contributed by atoms with Crippen LogP contribution in [-0.2, 0) is 17.6 Å². The van der Waals surface area contributed by atoms with Gasteiger partial charge in [0.05, 0.1) is 6.04 Å². The third-order valence-electron chi connectivity index (χ3n) is 7.06. The Morgan fingerprint density at radius 1 is 0.778 bits per heavy atom. The molecule has 178 valence electrons. The summed E-state index contributed by atoms with van der Waals surface area (Å²) >= 11 is 0. The monoisotopic (exact) mass is 472 g/mol. The van der Waals surface area contributed by atoms with Crippen molar-refractivity contribution < 1.29 is 9.21 Å². The number of aryl methyl sites for hydroxylation is 2. The van der Waals surface area contributed by atoms with Gasteiger partial charge in [0.25, 0.3) is 5.91 Å². The molecule has 1 aliphatic rings. The molecule has 0 radical (unpaired) electrons. The van der Waals surface area contributed by atoms with E-state index in [1.807, 2.05) is 59.5 Å². The van der Waals surface area contributed by atoms with Crippen molar-refractivity contribution in [3.63, 3.8) is 0 Å². The summed E-state index contributed by atoms with van der Waals surface area (Å²) < 4.78 is 6.04. The van der Waals surface area contributed by atoms with E-state index in [0.29, 0.717) is 5.70 Å². The highest BCUT2D eigenvalue weighted by molar-refractivity contribution is 6.11. The Labute approximate surface area is 210 Å². The fourth-order valence-electron chi connectivity index (χ4n) is 4.98. The van der Waals surface area contributed by atoms with Crippen LogP contribution in [0, 0.1) is 0 Å². The van der Waals surface area contributed by atoms with Crippen LogP contribution in [0.1, 0.15) is 36.6 Å². The van der Waals surface area contributed by atoms with E-state index in [-0.39, 0.29) is 11.9 Å². The van der Waals surface area contributed by atoms with Crippen LogP contribution in [0.25, 0.3) is 21.9 Å². The van der Waals surface area contributed by atoms with E-state index in [1.165, 1.54) is 11.1 Å². The number of rotatable bonds is 6. The fraction of sp³-hybridized carbons (Fsp3) is 0.156. The zero-order valence-corrected chi connectivity index (χ0v) is 20.5. The summed E-state index contributed by atoms with van der Waals surface area (Å²) in [6.07, 6.45) is 3.98. The molecule has 5 aromatic rings. The second-order valence-corrected chi connectivity index (χ2v) is 9.25. The van der Waals surface area contributed by atoms with Gasteiger partial charge in [-0.05, 0) is 78.1 Å². The van der Waals surface area contributed by atoms with Crippen molar-refractivity contribution >= 4 is 39.2 Å². The SMILES string of the molecule is CCc1ccc(NC2=C[C@@H](c3ccc4oc5ccccc5c4c3)N(c3ccc(CC)cc3)C2=O)cc1. The van der Waals surface area contributed by atoms with E-state index >= 15 is 0 Å². The third kappa shape index (κ3) is 3.85. The molecular weight excluding hydrogens is 444 g/mol. The van der Waals surface area contributed by atoms with Crippen molar-refractivity contribution in [2.75, 3.05) is 10.2 Å². The predicted octanol–water partition coefficient (Wildman–Crippen LogP) is 7.79. The van der Waals surface area contributed by atoms with Gasteiger partial charge in [-0.3, -0.25) is 9.69 Å². The Morgan fingerprint density at radius 2 is 1.44 bits per heavy atom. The first-order chi connectivity index (χ1) is 17.6. The minimum atomic E-state index is -0.236. The largest absolute Gasteiger partial charge is 0.456 e. The predicted molar refractivity (Wildman–Crippen MR) is 147 cm³/mol. The lowest BCUT2D eigenvalue weighted by Gasteiger charge is -2.25. The number of hydrogen-bond donors (Lipinski definition) is 1. The second kappa shape index (κ2) is 9.04. The lowest BCUT2D eigenvalue weighted by atomic mass is 10.0. The summed E-state index contributed by atoms with van der Waals surface area (Å²) in [7, 11) is 0. The van der Waals surface area contributed by atoms with E-state index < -0.39 is 0 Å². The molecule has 1 amide bonds. The van der Waals surface area contributed by atoms with Gasteiger partial charge in [-0.2, -0.15) is 0 Å². The number of carbonyl (C=O) groups excluding carboxylic acids is 1. The molecule has 6 rings (SSSR count). The average molecular weight is 473 g/mol. The molecule has 1 aromatic heterocycles. The van der Waals surface area contributed by atoms with Crippen LogP contribution < -0.4 is 10.2 Å². The summed E-state index contributed by atoms with van der Waals surface area (Å²) in [6, 6.07) is 30.6. The van der Waals surface area contributed by atoms with Gasteiger partial charge in [-0.1, -0.05) is 62.4 Å². The number of furan rings is 1. The third-order valence-corrected chi connectivity index (χ3v) is 7.06. The summed E-state index contributed by atoms with van der Waals surface area (Å²) in [4.78, 5) is 15.7. The average Bonchev–Trinajstić information content (AvgIpc) is 3.46. The maximum Gasteiger partial charge on any atom is 0.275 e. The maximum absolute atomic E-state index is 13.8. The van der Waals surface area contributed by atoms with Crippen molar-refractivity contribution in [1.82, 2.24) is 0 Å². The Hall–Kier alpha value is -4.31. The van der Waals surface area contributed by atoms with Crippen LogP contribution in [0.3, 0.4) is 0 Å². The quantitative estimate of drug-likeness (QED) is 0.274. The van der Waals surface area contributed by atoms with Gasteiger partial charge in [0.15, 0.2) is 0 Å². The van der Waals surface area contributed by atoms with Gasteiger partial charge in [0, 0.05) is 22.1 Å². The maximum atomic E-state index is 13.8. The van der Waals surface area contributed by atoms with Crippen LogP contribution in [0.4, 0.5) is 11.4 Å². The van der Waals surface area contributed by atoms with Gasteiger partial charge >= 0.3 is 0 Å². The molecular formula is C32H28N2O2. The molecule has 36 heavy (non-hydrogen) atoms. The lowest BCUT2D eigenvalue weighted by Crippen LogP contribution is -2.30. The zero-order valence-electron chi connectivity index (χ0n) is 20.5. The Balaban J connectivity index is 1.43. The van der Waals surface area contributed by atoms with Crippen LogP contribution in [0.5, 0.6) is 0 Å². The molecule has 0 fully saturated rings. The summed E-state index contributed by atoms with van der Waals surface area (Å²) in [5.74, 6) is -0.0408. The highest BCUT2D eigenvalue weighted by atomic mass is 16.3. The standard InChI is InChI=1S/C32H28N2O2/c1-3-21-9-14-24(15-10-21)33-28-20-29(34(32(28)35)25-16-11-22(4-2)12-17-25)23-13-18-31-27(19-23)26-7-5-6-8-30(26)36-31/h5-20,29,33H,3-4H2,1-2H3/t29-/m0/s1. The van der Waals surface area contributed by atoms with Gasteiger partial charge in [0.2, 0.25) is 0 Å². The molecule has 4 heteroatoms. The summed E-state index contributed by atoms with van der Waals surface area (Å²) in [5.41, 5.74) is 7.65. The second-order valence-electron chi connectivity index (χ2n) is 9.25. The Bertz CT molecular complexity index is 1590. The van der Waals surface area contributed by atoms with Crippen LogP contribution in [-0.4, -0.2) is 5.91 Å². The molecule has 1 atom stereocenters. The topological polar surface area (TPSA) is 45.5 Å². The number of anilines is 2. The van der Waals surface area contributed by atoms with Crippen molar-refractivity contribution in [2.45, 2.75) is 32.7 Å². The summed E-state index contributed by atoms with van der Waals surface area (Å²) in [5, 5.41) is 5.51. The normalized spacial score (nSPS) is 15.6. The number of nitrogens with zero attached hydrogens (tertiary/aromatic N) is 1. The minimum absolute atomic E-state index is 0.0408. The highest BCUT2D eigenvalue weighted by Gasteiger charge is 2.35. The first kappa shape index (κ1) is 22.2. The van der Waals surface area contributed by atoms with Gasteiger partial charge < -0.3 is 9.73 Å². The molecule has 4 nitrogen and oxygen atoms in total. The lowest BCUT2D eigenvalue weighted by molar-refractivity contribution is -0.114. The number of fused-ring (bicyclic) bond motifs is 3. The Kier molecular flexibility index (Phi) is 5.57. The van der Waals surface area contributed by atoms with E-state index in [0.717, 1.165) is 51.7 Å². The van der Waals surface area contributed by atoms with Crippen LogP contribution >= 0.6 is 0 Å². The Morgan fingerprint density at radius 3 is 2.17 bits per heavy atom. The zero-order chi connectivity index (χ0) is 24.6. The number of hydrogen-bond acceptors (Lipinski definition) is 3. The molecule has 0 saturated carbocycles. The van der Waals surface area contributed by atoms with Crippen molar-refractivity contribution in [1.29, 1.82) is 0 Å². The highest BCUT2D eigenvalue weighted by Crippen LogP contribution is 2.39.